The van der Waals surface area contributed by atoms with Gasteiger partial charge < -0.3 is 4.74 Å². The molecular formula is C18H15N3O4S4. The number of ether oxygens (including phenoxy) is 1. The van der Waals surface area contributed by atoms with Crippen LogP contribution in [0.25, 0.3) is 20.8 Å². The van der Waals surface area contributed by atoms with Gasteiger partial charge >= 0.3 is 5.97 Å². The molecule has 1 aromatic carbocycles. The van der Waals surface area contributed by atoms with E-state index in [0.717, 1.165) is 21.5 Å². The first-order chi connectivity index (χ1) is 13.9. The van der Waals surface area contributed by atoms with Crippen LogP contribution < -0.4 is 4.72 Å². The zero-order chi connectivity index (χ0) is 20.6. The van der Waals surface area contributed by atoms with Gasteiger partial charge in [-0.1, -0.05) is 12.1 Å². The molecule has 0 spiro atoms. The summed E-state index contributed by atoms with van der Waals surface area (Å²) >= 11 is 3.68. The highest BCUT2D eigenvalue weighted by atomic mass is 32.2. The van der Waals surface area contributed by atoms with Gasteiger partial charge in [-0.05, 0) is 43.0 Å². The number of esters is 1. The lowest BCUT2D eigenvalue weighted by atomic mass is 10.1. The third-order valence-corrected chi connectivity index (χ3v) is 8.45. The number of aromatic nitrogens is 2. The van der Waals surface area contributed by atoms with E-state index in [0.29, 0.717) is 16.6 Å². The average Bonchev–Trinajstić information content (AvgIpc) is 3.41. The van der Waals surface area contributed by atoms with Crippen molar-refractivity contribution in [3.63, 3.8) is 0 Å². The van der Waals surface area contributed by atoms with Gasteiger partial charge in [-0.15, -0.1) is 22.7 Å². The predicted octanol–water partition coefficient (Wildman–Crippen LogP) is 4.77. The van der Waals surface area contributed by atoms with Crippen LogP contribution in [0.5, 0.6) is 0 Å². The summed E-state index contributed by atoms with van der Waals surface area (Å²) in [6, 6.07) is 8.62. The van der Waals surface area contributed by atoms with Gasteiger partial charge in [0.05, 0.1) is 28.8 Å². The van der Waals surface area contributed by atoms with Gasteiger partial charge in [0.15, 0.2) is 0 Å². The van der Waals surface area contributed by atoms with E-state index < -0.39 is 16.0 Å². The van der Waals surface area contributed by atoms with E-state index in [9.17, 15) is 13.2 Å². The van der Waals surface area contributed by atoms with Gasteiger partial charge in [0.25, 0.3) is 10.0 Å². The Morgan fingerprint density at radius 2 is 2.03 bits per heavy atom. The Balaban J connectivity index is 1.83. The maximum Gasteiger partial charge on any atom is 0.341 e. The number of fused-ring (bicyclic) bond motifs is 1. The van der Waals surface area contributed by atoms with Crippen molar-refractivity contribution < 1.29 is 17.9 Å². The minimum Gasteiger partial charge on any atom is -0.462 e. The Morgan fingerprint density at radius 3 is 2.76 bits per heavy atom. The summed E-state index contributed by atoms with van der Waals surface area (Å²) in [5.41, 5.74) is 1.72. The number of hydrogen-bond donors (Lipinski definition) is 1. The van der Waals surface area contributed by atoms with Crippen molar-refractivity contribution in [1.29, 1.82) is 0 Å². The van der Waals surface area contributed by atoms with E-state index in [1.807, 2.05) is 17.5 Å². The molecule has 0 amide bonds. The molecule has 0 saturated heterocycles. The molecule has 1 N–H and O–H groups in total. The zero-order valence-electron chi connectivity index (χ0n) is 15.3. The van der Waals surface area contributed by atoms with E-state index in [2.05, 4.69) is 13.5 Å². The normalized spacial score (nSPS) is 11.7. The Morgan fingerprint density at radius 1 is 1.21 bits per heavy atom. The number of hydrogen-bond acceptors (Lipinski definition) is 9. The number of sulfonamides is 1. The minimum absolute atomic E-state index is 0.0160. The van der Waals surface area contributed by atoms with Crippen LogP contribution in [0.15, 0.2) is 40.6 Å². The van der Waals surface area contributed by atoms with Crippen molar-refractivity contribution in [1.82, 2.24) is 8.75 Å². The highest BCUT2D eigenvalue weighted by Crippen LogP contribution is 2.43. The van der Waals surface area contributed by atoms with Crippen molar-refractivity contribution >= 4 is 66.4 Å². The molecule has 3 aromatic heterocycles. The Labute approximate surface area is 179 Å². The molecular weight excluding hydrogens is 450 g/mol. The molecule has 0 saturated carbocycles. The van der Waals surface area contributed by atoms with E-state index in [1.165, 1.54) is 28.7 Å². The van der Waals surface area contributed by atoms with Crippen molar-refractivity contribution in [2.24, 2.45) is 0 Å². The van der Waals surface area contributed by atoms with Crippen LogP contribution in [0.4, 0.5) is 5.00 Å². The fraction of sp³-hybridized carbons (Fsp3) is 0.167. The van der Waals surface area contributed by atoms with Crippen LogP contribution in [0, 0.1) is 6.92 Å². The highest BCUT2D eigenvalue weighted by Gasteiger charge is 2.28. The SMILES string of the molecule is CCOC(=O)c1c(NS(=O)(=O)c2cccc3nsnc23)sc(-c2cccs2)c1C. The van der Waals surface area contributed by atoms with Crippen LogP contribution in [0.3, 0.4) is 0 Å². The first-order valence-electron chi connectivity index (χ1n) is 8.51. The lowest BCUT2D eigenvalue weighted by Crippen LogP contribution is -2.16. The lowest BCUT2D eigenvalue weighted by Gasteiger charge is -2.09. The third-order valence-electron chi connectivity index (χ3n) is 4.14. The molecule has 150 valence electrons. The Kier molecular flexibility index (Phi) is 5.38. The molecule has 29 heavy (non-hydrogen) atoms. The third kappa shape index (κ3) is 3.66. The van der Waals surface area contributed by atoms with Gasteiger partial charge in [0.1, 0.15) is 20.9 Å². The summed E-state index contributed by atoms with van der Waals surface area (Å²) in [7, 11) is -3.99. The van der Waals surface area contributed by atoms with Crippen molar-refractivity contribution in [2.75, 3.05) is 11.3 Å². The molecule has 7 nitrogen and oxygen atoms in total. The molecule has 0 fully saturated rings. The number of nitrogens with zero attached hydrogens (tertiary/aromatic N) is 2. The maximum absolute atomic E-state index is 13.1. The van der Waals surface area contributed by atoms with E-state index in [1.54, 1.807) is 26.0 Å². The monoisotopic (exact) mass is 465 g/mol. The molecule has 0 atom stereocenters. The molecule has 11 heteroatoms. The summed E-state index contributed by atoms with van der Waals surface area (Å²) in [5, 5.41) is 2.16. The van der Waals surface area contributed by atoms with Crippen molar-refractivity contribution in [2.45, 2.75) is 18.7 Å². The van der Waals surface area contributed by atoms with Crippen LogP contribution in [0.2, 0.25) is 0 Å². The summed E-state index contributed by atoms with van der Waals surface area (Å²) in [5.74, 6) is -0.560. The van der Waals surface area contributed by atoms with E-state index in [4.69, 9.17) is 4.74 Å². The summed E-state index contributed by atoms with van der Waals surface area (Å²) in [6.07, 6.45) is 0. The van der Waals surface area contributed by atoms with Crippen LogP contribution in [0.1, 0.15) is 22.8 Å². The van der Waals surface area contributed by atoms with Gasteiger partial charge in [-0.3, -0.25) is 4.72 Å². The Bertz CT molecular complexity index is 1290. The number of anilines is 1. The minimum atomic E-state index is -3.99. The average molecular weight is 466 g/mol. The maximum atomic E-state index is 13.1. The molecule has 0 aliphatic rings. The fourth-order valence-electron chi connectivity index (χ4n) is 2.85. The summed E-state index contributed by atoms with van der Waals surface area (Å²) in [6.45, 7) is 3.69. The lowest BCUT2D eigenvalue weighted by molar-refractivity contribution is 0.0527. The molecule has 4 rings (SSSR count). The quantitative estimate of drug-likeness (QED) is 0.412. The predicted molar refractivity (Wildman–Crippen MR) is 117 cm³/mol. The summed E-state index contributed by atoms with van der Waals surface area (Å²) in [4.78, 5) is 14.4. The van der Waals surface area contributed by atoms with Crippen LogP contribution in [-0.2, 0) is 14.8 Å². The number of benzene rings is 1. The fourth-order valence-corrected chi connectivity index (χ4v) is 7.03. The number of carbonyl (C=O) groups is 1. The standard InChI is InChI=1S/C18H15N3O4S4/c1-3-25-18(22)14-10(2)16(12-7-5-9-26-12)27-17(14)21-29(23,24)13-8-4-6-11-15(13)20-28-19-11/h4-9,21H,3H2,1-2H3. The smallest absolute Gasteiger partial charge is 0.341 e. The van der Waals surface area contributed by atoms with Gasteiger partial charge in [-0.2, -0.15) is 8.75 Å². The van der Waals surface area contributed by atoms with Gasteiger partial charge in [0, 0.05) is 4.88 Å². The first-order valence-corrected chi connectivity index (χ1v) is 12.4. The number of rotatable bonds is 6. The molecule has 0 aliphatic heterocycles. The van der Waals surface area contributed by atoms with Crippen molar-refractivity contribution in [3.8, 4) is 9.75 Å². The zero-order valence-corrected chi connectivity index (χ0v) is 18.6. The molecule has 0 bridgehead atoms. The number of thiophene rings is 2. The Hall–Kier alpha value is -2.34. The number of nitrogens with one attached hydrogen (secondary N) is 1. The molecule has 0 unspecified atom stereocenters. The highest BCUT2D eigenvalue weighted by molar-refractivity contribution is 7.93. The van der Waals surface area contributed by atoms with Crippen LogP contribution >= 0.6 is 34.4 Å². The molecule has 0 radical (unpaired) electrons. The largest absolute Gasteiger partial charge is 0.462 e. The molecule has 4 aromatic rings. The van der Waals surface area contributed by atoms with Crippen molar-refractivity contribution in [3.05, 3.63) is 46.8 Å². The second-order valence-electron chi connectivity index (χ2n) is 5.95. The van der Waals surface area contributed by atoms with E-state index >= 15 is 0 Å². The summed E-state index contributed by atoms with van der Waals surface area (Å²) < 4.78 is 42.2. The van der Waals surface area contributed by atoms with Gasteiger partial charge in [0.2, 0.25) is 0 Å². The van der Waals surface area contributed by atoms with Gasteiger partial charge in [-0.25, -0.2) is 13.2 Å². The first kappa shape index (κ1) is 20.0. The van der Waals surface area contributed by atoms with E-state index in [-0.39, 0.29) is 22.1 Å². The van der Waals surface area contributed by atoms with Crippen LogP contribution in [-0.4, -0.2) is 29.7 Å². The molecule has 0 aliphatic carbocycles. The second-order valence-corrected chi connectivity index (χ2v) is 10.1. The topological polar surface area (TPSA) is 98.2 Å². The number of carbonyl (C=O) groups excluding carboxylic acids is 1. The second kappa shape index (κ2) is 7.82. The molecule has 3 heterocycles.